The molecule has 2 aromatic carbocycles. The quantitative estimate of drug-likeness (QED) is 0.271. The van der Waals surface area contributed by atoms with Gasteiger partial charge in [-0.3, -0.25) is 19.3 Å². The summed E-state index contributed by atoms with van der Waals surface area (Å²) in [5, 5.41) is -0.506. The first-order chi connectivity index (χ1) is 14.9. The van der Waals surface area contributed by atoms with E-state index in [9.17, 15) is 14.4 Å². The van der Waals surface area contributed by atoms with Crippen LogP contribution in [0.25, 0.3) is 6.08 Å². The summed E-state index contributed by atoms with van der Waals surface area (Å²) >= 11 is 3.03. The molecule has 1 aliphatic rings. The molecule has 2 aromatic rings. The summed E-state index contributed by atoms with van der Waals surface area (Å²) in [5.74, 6) is -0.0814. The average Bonchev–Trinajstić information content (AvgIpc) is 3.01. The number of hydrogen-bond acceptors (Lipinski definition) is 7. The van der Waals surface area contributed by atoms with Gasteiger partial charge in [-0.05, 0) is 82.7 Å². The number of imide groups is 1. The largest absolute Gasteiger partial charge is 0.493 e. The molecular weight excluding hydrogens is 533 g/mol. The van der Waals surface area contributed by atoms with Gasteiger partial charge in [0.1, 0.15) is 13.2 Å². The molecule has 31 heavy (non-hydrogen) atoms. The number of nitrogens with zero attached hydrogens (tertiary/aromatic N) is 1. The summed E-state index contributed by atoms with van der Waals surface area (Å²) in [6.45, 7) is 1.83. The zero-order chi connectivity index (χ0) is 22.4. The summed E-state index contributed by atoms with van der Waals surface area (Å²) in [6, 6.07) is 13.3. The van der Waals surface area contributed by atoms with Gasteiger partial charge in [0.15, 0.2) is 11.5 Å². The number of esters is 1. The van der Waals surface area contributed by atoms with Crippen LogP contribution in [0.3, 0.4) is 0 Å². The molecule has 0 unspecified atom stereocenters. The van der Waals surface area contributed by atoms with Crippen molar-refractivity contribution in [3.05, 3.63) is 62.1 Å². The van der Waals surface area contributed by atoms with Crippen molar-refractivity contribution in [2.75, 3.05) is 20.3 Å². The number of methoxy groups -OCH3 is 1. The van der Waals surface area contributed by atoms with Crippen LogP contribution in [0.4, 0.5) is 4.79 Å². The Morgan fingerprint density at radius 1 is 1.13 bits per heavy atom. The number of ether oxygens (including phenoxy) is 3. The summed E-state index contributed by atoms with van der Waals surface area (Å²) in [7, 11) is 1.53. The van der Waals surface area contributed by atoms with Gasteiger partial charge in [-0.15, -0.1) is 0 Å². The van der Waals surface area contributed by atoms with Crippen molar-refractivity contribution in [2.24, 2.45) is 0 Å². The molecular formula is C22H20INO6S. The molecule has 2 amide bonds. The van der Waals surface area contributed by atoms with E-state index < -0.39 is 23.7 Å². The van der Waals surface area contributed by atoms with E-state index in [0.29, 0.717) is 23.7 Å². The lowest BCUT2D eigenvalue weighted by Gasteiger charge is -2.12. The fraction of sp³-hybridized carbons (Fsp3) is 0.227. The van der Waals surface area contributed by atoms with Crippen molar-refractivity contribution in [3.8, 4) is 11.5 Å². The summed E-state index contributed by atoms with van der Waals surface area (Å²) in [4.78, 5) is 37.4. The van der Waals surface area contributed by atoms with Crippen molar-refractivity contribution >= 4 is 57.5 Å². The molecule has 3 rings (SSSR count). The monoisotopic (exact) mass is 553 g/mol. The topological polar surface area (TPSA) is 82.1 Å². The number of halogens is 1. The molecule has 9 heteroatoms. The summed E-state index contributed by atoms with van der Waals surface area (Å²) < 4.78 is 17.2. The Hall–Kier alpha value is -2.53. The molecule has 1 fully saturated rings. The lowest BCUT2D eigenvalue weighted by Crippen LogP contribution is -2.34. The van der Waals surface area contributed by atoms with E-state index in [4.69, 9.17) is 14.2 Å². The third-order valence-electron chi connectivity index (χ3n) is 4.26. The first kappa shape index (κ1) is 23.1. The van der Waals surface area contributed by atoms with Crippen molar-refractivity contribution in [1.82, 2.24) is 4.90 Å². The van der Waals surface area contributed by atoms with Gasteiger partial charge in [-0.1, -0.05) is 18.2 Å². The highest BCUT2D eigenvalue weighted by molar-refractivity contribution is 14.1. The third kappa shape index (κ3) is 6.01. The second-order valence-corrected chi connectivity index (χ2v) is 8.64. The normalized spacial score (nSPS) is 14.8. The Morgan fingerprint density at radius 3 is 2.55 bits per heavy atom. The third-order valence-corrected chi connectivity index (χ3v) is 5.89. The van der Waals surface area contributed by atoms with Crippen LogP contribution >= 0.6 is 34.4 Å². The first-order valence-corrected chi connectivity index (χ1v) is 11.3. The Bertz CT molecular complexity index is 1020. The minimum absolute atomic E-state index is 0.183. The van der Waals surface area contributed by atoms with Gasteiger partial charge < -0.3 is 14.2 Å². The van der Waals surface area contributed by atoms with Gasteiger partial charge in [-0.2, -0.15) is 0 Å². The Labute approximate surface area is 197 Å². The van der Waals surface area contributed by atoms with E-state index >= 15 is 0 Å². The van der Waals surface area contributed by atoms with Crippen LogP contribution in [0, 0.1) is 3.57 Å². The molecule has 1 aliphatic heterocycles. The number of thioether (sulfide) groups is 1. The van der Waals surface area contributed by atoms with Crippen LogP contribution in [0.5, 0.6) is 11.5 Å². The molecule has 7 nitrogen and oxygen atoms in total. The van der Waals surface area contributed by atoms with Gasteiger partial charge in [0.2, 0.25) is 0 Å². The minimum atomic E-state index is -0.623. The number of benzene rings is 2. The molecule has 0 aliphatic carbocycles. The fourth-order valence-corrected chi connectivity index (χ4v) is 3.96. The maximum atomic E-state index is 12.5. The number of hydrogen-bond donors (Lipinski definition) is 0. The van der Waals surface area contributed by atoms with E-state index in [1.807, 2.05) is 24.3 Å². The fourth-order valence-electron chi connectivity index (χ4n) is 2.76. The average molecular weight is 553 g/mol. The first-order valence-electron chi connectivity index (χ1n) is 9.37. The van der Waals surface area contributed by atoms with E-state index in [2.05, 4.69) is 22.6 Å². The van der Waals surface area contributed by atoms with Crippen LogP contribution < -0.4 is 9.47 Å². The maximum Gasteiger partial charge on any atom is 0.326 e. The Balaban J connectivity index is 1.72. The van der Waals surface area contributed by atoms with Crippen molar-refractivity contribution in [3.63, 3.8) is 0 Å². The number of amides is 2. The molecule has 0 aromatic heterocycles. The van der Waals surface area contributed by atoms with E-state index in [0.717, 1.165) is 25.8 Å². The molecule has 0 radical (unpaired) electrons. The zero-order valence-corrected chi connectivity index (χ0v) is 19.9. The molecule has 0 atom stereocenters. The standard InChI is InChI=1S/C22H20INO6S/c1-3-29-20(25)12-24-21(26)19(31-22(24)27)11-15-6-9-17(18(10-15)28-2)30-13-14-4-7-16(23)8-5-14/h4-11H,3,12-13H2,1-2H3/b19-11+. The van der Waals surface area contributed by atoms with E-state index in [-0.39, 0.29) is 11.5 Å². The van der Waals surface area contributed by atoms with E-state index in [1.165, 1.54) is 7.11 Å². The SMILES string of the molecule is CCOC(=O)CN1C(=O)S/C(=C/c2ccc(OCc3ccc(I)cc3)c(OC)c2)C1=O. The molecule has 162 valence electrons. The molecule has 1 saturated heterocycles. The van der Waals surface area contributed by atoms with Crippen LogP contribution in [-0.4, -0.2) is 42.3 Å². The van der Waals surface area contributed by atoms with Crippen LogP contribution in [0.2, 0.25) is 0 Å². The predicted octanol–water partition coefficient (Wildman–Crippen LogP) is 4.48. The Kier molecular flexibility index (Phi) is 7.97. The lowest BCUT2D eigenvalue weighted by molar-refractivity contribution is -0.145. The number of carbonyl (C=O) groups is 3. The summed E-state index contributed by atoms with van der Waals surface area (Å²) in [6.07, 6.45) is 1.58. The lowest BCUT2D eigenvalue weighted by atomic mass is 10.1. The summed E-state index contributed by atoms with van der Waals surface area (Å²) in [5.41, 5.74) is 1.70. The van der Waals surface area contributed by atoms with Crippen LogP contribution in [0.15, 0.2) is 47.4 Å². The van der Waals surface area contributed by atoms with Crippen LogP contribution in [0.1, 0.15) is 18.1 Å². The highest BCUT2D eigenvalue weighted by Gasteiger charge is 2.36. The van der Waals surface area contributed by atoms with Crippen molar-refractivity contribution in [1.29, 1.82) is 0 Å². The predicted molar refractivity (Wildman–Crippen MR) is 126 cm³/mol. The van der Waals surface area contributed by atoms with E-state index in [1.54, 1.807) is 31.2 Å². The molecule has 0 N–H and O–H groups in total. The van der Waals surface area contributed by atoms with Gasteiger partial charge in [0.25, 0.3) is 11.1 Å². The minimum Gasteiger partial charge on any atom is -0.493 e. The zero-order valence-electron chi connectivity index (χ0n) is 16.9. The van der Waals surface area contributed by atoms with Crippen molar-refractivity contribution < 1.29 is 28.6 Å². The Morgan fingerprint density at radius 2 is 1.87 bits per heavy atom. The van der Waals surface area contributed by atoms with Gasteiger partial charge in [0, 0.05) is 3.57 Å². The number of rotatable bonds is 8. The van der Waals surface area contributed by atoms with Crippen LogP contribution in [-0.2, 0) is 20.9 Å². The van der Waals surface area contributed by atoms with Gasteiger partial charge >= 0.3 is 5.97 Å². The molecule has 1 heterocycles. The van der Waals surface area contributed by atoms with Crippen molar-refractivity contribution in [2.45, 2.75) is 13.5 Å². The molecule has 0 saturated carbocycles. The second kappa shape index (κ2) is 10.7. The molecule has 0 bridgehead atoms. The number of carbonyl (C=O) groups excluding carboxylic acids is 3. The smallest absolute Gasteiger partial charge is 0.326 e. The van der Waals surface area contributed by atoms with Gasteiger partial charge in [-0.25, -0.2) is 0 Å². The van der Waals surface area contributed by atoms with Gasteiger partial charge in [0.05, 0.1) is 18.6 Å². The molecule has 0 spiro atoms. The highest BCUT2D eigenvalue weighted by atomic mass is 127. The second-order valence-electron chi connectivity index (χ2n) is 6.40. The highest BCUT2D eigenvalue weighted by Crippen LogP contribution is 2.34. The maximum absolute atomic E-state index is 12.5.